The van der Waals surface area contributed by atoms with Crippen LogP contribution in [0.25, 0.3) is 0 Å². The Morgan fingerprint density at radius 3 is 2.74 bits per heavy atom. The zero-order valence-corrected chi connectivity index (χ0v) is 18.2. The van der Waals surface area contributed by atoms with Crippen molar-refractivity contribution >= 4 is 17.6 Å². The molecule has 164 valence electrons. The number of aromatic nitrogens is 1. The third-order valence-corrected chi connectivity index (χ3v) is 5.32. The largest absolute Gasteiger partial charge is 0.454 e. The summed E-state index contributed by atoms with van der Waals surface area (Å²) in [7, 11) is 3.55. The van der Waals surface area contributed by atoms with Gasteiger partial charge in [-0.15, -0.1) is 0 Å². The molecule has 0 saturated carbocycles. The first-order valence-electron chi connectivity index (χ1n) is 10.3. The second-order valence-electron chi connectivity index (χ2n) is 8.08. The van der Waals surface area contributed by atoms with Gasteiger partial charge in [0.15, 0.2) is 11.5 Å². The molecule has 0 spiro atoms. The number of nitrogens with one attached hydrogen (secondary N) is 1. The molecule has 9 heteroatoms. The van der Waals surface area contributed by atoms with Crippen molar-refractivity contribution in [2.45, 2.75) is 32.4 Å². The Balaban J connectivity index is 1.60. The van der Waals surface area contributed by atoms with Crippen molar-refractivity contribution in [3.63, 3.8) is 0 Å². The summed E-state index contributed by atoms with van der Waals surface area (Å²) in [6.07, 6.45) is 2.51. The van der Waals surface area contributed by atoms with Gasteiger partial charge in [-0.3, -0.25) is 4.79 Å². The van der Waals surface area contributed by atoms with Gasteiger partial charge in [-0.05, 0) is 43.7 Å². The van der Waals surface area contributed by atoms with Crippen LogP contribution >= 0.6 is 0 Å². The maximum Gasteiger partial charge on any atom is 0.317 e. The molecule has 31 heavy (non-hydrogen) atoms. The molecule has 1 aromatic carbocycles. The Morgan fingerprint density at radius 2 is 2.03 bits per heavy atom. The lowest BCUT2D eigenvalue weighted by atomic mass is 10.00. The highest BCUT2D eigenvalue weighted by Gasteiger charge is 2.35. The number of likely N-dealkylation sites (N-methyl/N-ethyl adjacent to an activating group) is 1. The van der Waals surface area contributed by atoms with Gasteiger partial charge in [0.05, 0.1) is 17.4 Å². The van der Waals surface area contributed by atoms with Gasteiger partial charge in [0.2, 0.25) is 6.79 Å². The summed E-state index contributed by atoms with van der Waals surface area (Å²) in [5.41, 5.74) is 2.67. The Kier molecular flexibility index (Phi) is 5.58. The summed E-state index contributed by atoms with van der Waals surface area (Å²) in [5.74, 6) is 1.09. The van der Waals surface area contributed by atoms with E-state index in [1.807, 2.05) is 62.0 Å². The predicted octanol–water partition coefficient (Wildman–Crippen LogP) is 2.48. The molecule has 3 amide bonds. The van der Waals surface area contributed by atoms with Gasteiger partial charge < -0.3 is 24.3 Å². The van der Waals surface area contributed by atoms with Crippen LogP contribution in [0.2, 0.25) is 0 Å². The van der Waals surface area contributed by atoms with Crippen molar-refractivity contribution in [2.24, 2.45) is 12.1 Å². The molecule has 1 atom stereocenters. The average Bonchev–Trinajstić information content (AvgIpc) is 3.45. The van der Waals surface area contributed by atoms with Crippen molar-refractivity contribution in [2.75, 3.05) is 20.4 Å². The van der Waals surface area contributed by atoms with Crippen LogP contribution in [0, 0.1) is 0 Å². The highest BCUT2D eigenvalue weighted by atomic mass is 16.7. The minimum Gasteiger partial charge on any atom is -0.454 e. The number of ether oxygens (including phenoxy) is 2. The van der Waals surface area contributed by atoms with Crippen LogP contribution in [0.15, 0.2) is 41.6 Å². The number of hydrogen-bond donors (Lipinski definition) is 1. The normalized spacial score (nSPS) is 17.1. The molecule has 1 aromatic heterocycles. The summed E-state index contributed by atoms with van der Waals surface area (Å²) in [6.45, 7) is 3.86. The highest BCUT2D eigenvalue weighted by Crippen LogP contribution is 2.39. The zero-order chi connectivity index (χ0) is 22.1. The van der Waals surface area contributed by atoms with E-state index in [2.05, 4.69) is 10.4 Å². The number of carbonyl (C=O) groups is 2. The van der Waals surface area contributed by atoms with Crippen LogP contribution in [0.3, 0.4) is 0 Å². The Hall–Kier alpha value is -3.49. The van der Waals surface area contributed by atoms with Crippen LogP contribution in [0.1, 0.15) is 37.6 Å². The van der Waals surface area contributed by atoms with Crippen molar-refractivity contribution in [1.29, 1.82) is 0 Å². The number of aryl methyl sites for hydroxylation is 1. The fraction of sp³-hybridized carbons (Fsp3) is 0.409. The first-order chi connectivity index (χ1) is 14.8. The number of hydrogen-bond acceptors (Lipinski definition) is 5. The molecule has 4 rings (SSSR count). The lowest BCUT2D eigenvalue weighted by Crippen LogP contribution is -2.45. The first-order valence-corrected chi connectivity index (χ1v) is 10.3. The predicted molar refractivity (Wildman–Crippen MR) is 115 cm³/mol. The Bertz CT molecular complexity index is 1030. The minimum atomic E-state index is -0.298. The molecule has 0 saturated heterocycles. The number of fused-ring (bicyclic) bond motifs is 1. The van der Waals surface area contributed by atoms with Gasteiger partial charge in [-0.25, -0.2) is 9.80 Å². The van der Waals surface area contributed by atoms with Gasteiger partial charge >= 0.3 is 6.03 Å². The van der Waals surface area contributed by atoms with Gasteiger partial charge in [0.1, 0.15) is 6.54 Å². The second-order valence-corrected chi connectivity index (χ2v) is 8.08. The van der Waals surface area contributed by atoms with Crippen molar-refractivity contribution in [1.82, 2.24) is 19.8 Å². The number of amides is 3. The lowest BCUT2D eigenvalue weighted by Gasteiger charge is -2.25. The molecule has 3 heterocycles. The fourth-order valence-corrected chi connectivity index (χ4v) is 3.74. The molecule has 0 aliphatic carbocycles. The smallest absolute Gasteiger partial charge is 0.317 e. The molecule has 0 unspecified atom stereocenters. The molecule has 0 bridgehead atoms. The topological polar surface area (TPSA) is 88.4 Å². The highest BCUT2D eigenvalue weighted by molar-refractivity contribution is 6.02. The van der Waals surface area contributed by atoms with E-state index in [1.165, 1.54) is 9.91 Å². The molecule has 2 aliphatic rings. The summed E-state index contributed by atoms with van der Waals surface area (Å²) in [6, 6.07) is 8.99. The molecular formula is C22H27N5O4. The molecule has 2 aliphatic heterocycles. The number of nitrogens with zero attached hydrogens (tertiary/aromatic N) is 4. The standard InChI is InChI=1S/C22H27N5O4/c1-14(2)23-22(29)26(4)12-21(28)27-18(11-16(24-27)17-6-5-9-25(17)3)15-7-8-19-20(10-15)31-13-30-19/h5-10,14,18H,11-13H2,1-4H3,(H,23,29)/t18-/m1/s1. The van der Waals surface area contributed by atoms with E-state index in [-0.39, 0.29) is 37.4 Å². The quantitative estimate of drug-likeness (QED) is 0.797. The summed E-state index contributed by atoms with van der Waals surface area (Å²) >= 11 is 0. The number of benzene rings is 1. The zero-order valence-electron chi connectivity index (χ0n) is 18.2. The Labute approximate surface area is 181 Å². The van der Waals surface area contributed by atoms with Crippen LogP contribution in [0.4, 0.5) is 4.79 Å². The Morgan fingerprint density at radius 1 is 1.26 bits per heavy atom. The van der Waals surface area contributed by atoms with Gasteiger partial charge in [-0.2, -0.15) is 5.10 Å². The van der Waals surface area contributed by atoms with E-state index in [1.54, 1.807) is 7.05 Å². The van der Waals surface area contributed by atoms with E-state index < -0.39 is 0 Å². The molecule has 9 nitrogen and oxygen atoms in total. The molecule has 0 fully saturated rings. The van der Waals surface area contributed by atoms with Crippen molar-refractivity contribution in [3.8, 4) is 11.5 Å². The monoisotopic (exact) mass is 425 g/mol. The van der Waals surface area contributed by atoms with Crippen LogP contribution in [-0.2, 0) is 11.8 Å². The average molecular weight is 425 g/mol. The molecule has 0 radical (unpaired) electrons. The summed E-state index contributed by atoms with van der Waals surface area (Å²) < 4.78 is 12.9. The summed E-state index contributed by atoms with van der Waals surface area (Å²) in [4.78, 5) is 26.8. The van der Waals surface area contributed by atoms with Gasteiger partial charge in [0.25, 0.3) is 5.91 Å². The van der Waals surface area contributed by atoms with E-state index >= 15 is 0 Å². The van der Waals surface area contributed by atoms with Crippen LogP contribution in [0.5, 0.6) is 11.5 Å². The van der Waals surface area contributed by atoms with E-state index in [0.717, 1.165) is 17.0 Å². The molecule has 1 N–H and O–H groups in total. The maximum atomic E-state index is 13.2. The first kappa shape index (κ1) is 20.8. The van der Waals surface area contributed by atoms with E-state index in [9.17, 15) is 9.59 Å². The van der Waals surface area contributed by atoms with Crippen LogP contribution in [-0.4, -0.2) is 58.6 Å². The fourth-order valence-electron chi connectivity index (χ4n) is 3.74. The summed E-state index contributed by atoms with van der Waals surface area (Å²) in [5, 5.41) is 8.95. The molecule has 2 aromatic rings. The SMILES string of the molecule is CC(C)NC(=O)N(C)CC(=O)N1N=C(c2cccn2C)C[C@@H]1c1ccc2c(c1)OCO2. The number of carbonyl (C=O) groups excluding carboxylic acids is 2. The third-order valence-electron chi connectivity index (χ3n) is 5.32. The minimum absolute atomic E-state index is 0.0137. The van der Waals surface area contributed by atoms with Crippen molar-refractivity contribution < 1.29 is 19.1 Å². The van der Waals surface area contributed by atoms with Crippen LogP contribution < -0.4 is 14.8 Å². The maximum absolute atomic E-state index is 13.2. The second kappa shape index (κ2) is 8.33. The number of urea groups is 1. The molecular weight excluding hydrogens is 398 g/mol. The lowest BCUT2D eigenvalue weighted by molar-refractivity contribution is -0.133. The van der Waals surface area contributed by atoms with E-state index in [0.29, 0.717) is 17.9 Å². The number of rotatable bonds is 5. The van der Waals surface area contributed by atoms with E-state index in [4.69, 9.17) is 9.47 Å². The third kappa shape index (κ3) is 4.21. The van der Waals surface area contributed by atoms with Gasteiger partial charge in [0, 0.05) is 32.8 Å². The van der Waals surface area contributed by atoms with Crippen molar-refractivity contribution in [3.05, 3.63) is 47.8 Å². The van der Waals surface area contributed by atoms with Gasteiger partial charge in [-0.1, -0.05) is 6.07 Å². The number of hydrazone groups is 1.